The molecule has 0 saturated carbocycles. The highest BCUT2D eigenvalue weighted by molar-refractivity contribution is 5.36. The molecular formula is C11H13F2NO. The Hall–Kier alpha value is -1.00. The average Bonchev–Trinajstić information content (AvgIpc) is 2.54. The molecule has 0 amide bonds. The monoisotopic (exact) mass is 213 g/mol. The third kappa shape index (κ3) is 2.16. The van der Waals surface area contributed by atoms with Crippen LogP contribution in [-0.2, 0) is 11.2 Å². The molecule has 1 aliphatic carbocycles. The SMILES string of the molecule is NC1c2ccccc2CC1OCC(F)F. The van der Waals surface area contributed by atoms with E-state index in [-0.39, 0.29) is 12.1 Å². The van der Waals surface area contributed by atoms with Crippen molar-refractivity contribution < 1.29 is 13.5 Å². The molecule has 4 heteroatoms. The molecule has 2 atom stereocenters. The Balaban J connectivity index is 2.03. The highest BCUT2D eigenvalue weighted by Crippen LogP contribution is 2.31. The van der Waals surface area contributed by atoms with Crippen LogP contribution in [0.1, 0.15) is 17.2 Å². The number of nitrogens with two attached hydrogens (primary N) is 1. The Morgan fingerprint density at radius 2 is 2.13 bits per heavy atom. The summed E-state index contributed by atoms with van der Waals surface area (Å²) in [6, 6.07) is 7.42. The molecular weight excluding hydrogens is 200 g/mol. The molecule has 15 heavy (non-hydrogen) atoms. The minimum atomic E-state index is -2.43. The van der Waals surface area contributed by atoms with Gasteiger partial charge in [0, 0.05) is 6.42 Å². The van der Waals surface area contributed by atoms with E-state index in [1.54, 1.807) is 0 Å². The third-order valence-corrected chi connectivity index (χ3v) is 2.67. The quantitative estimate of drug-likeness (QED) is 0.832. The van der Waals surface area contributed by atoms with Crippen LogP contribution in [0, 0.1) is 0 Å². The summed E-state index contributed by atoms with van der Waals surface area (Å²) in [6.45, 7) is -0.535. The molecule has 0 aromatic heterocycles. The van der Waals surface area contributed by atoms with Crippen LogP contribution in [0.15, 0.2) is 24.3 Å². The lowest BCUT2D eigenvalue weighted by Gasteiger charge is -2.16. The van der Waals surface area contributed by atoms with Crippen molar-refractivity contribution in [1.29, 1.82) is 0 Å². The Kier molecular flexibility index (Phi) is 2.98. The number of ether oxygens (including phenoxy) is 1. The van der Waals surface area contributed by atoms with Crippen molar-refractivity contribution in [1.82, 2.24) is 0 Å². The van der Waals surface area contributed by atoms with Crippen LogP contribution >= 0.6 is 0 Å². The van der Waals surface area contributed by atoms with E-state index in [2.05, 4.69) is 0 Å². The highest BCUT2D eigenvalue weighted by atomic mass is 19.3. The summed E-state index contributed by atoms with van der Waals surface area (Å²) < 4.78 is 29.0. The molecule has 0 heterocycles. The van der Waals surface area contributed by atoms with Gasteiger partial charge in [0.05, 0.1) is 12.1 Å². The number of halogens is 2. The second-order valence-corrected chi connectivity index (χ2v) is 3.69. The topological polar surface area (TPSA) is 35.2 Å². The van der Waals surface area contributed by atoms with Crippen LogP contribution < -0.4 is 5.73 Å². The zero-order valence-electron chi connectivity index (χ0n) is 8.20. The van der Waals surface area contributed by atoms with E-state index in [4.69, 9.17) is 10.5 Å². The van der Waals surface area contributed by atoms with Crippen LogP contribution in [0.2, 0.25) is 0 Å². The first kappa shape index (κ1) is 10.5. The maximum absolute atomic E-state index is 12.0. The van der Waals surface area contributed by atoms with Crippen LogP contribution in [-0.4, -0.2) is 19.1 Å². The maximum Gasteiger partial charge on any atom is 0.261 e. The van der Waals surface area contributed by atoms with Crippen molar-refractivity contribution in [3.63, 3.8) is 0 Å². The van der Waals surface area contributed by atoms with E-state index in [0.29, 0.717) is 6.42 Å². The number of fused-ring (bicyclic) bond motifs is 1. The molecule has 0 spiro atoms. The van der Waals surface area contributed by atoms with Crippen molar-refractivity contribution >= 4 is 0 Å². The van der Waals surface area contributed by atoms with E-state index in [9.17, 15) is 8.78 Å². The summed E-state index contributed by atoms with van der Waals surface area (Å²) in [4.78, 5) is 0. The van der Waals surface area contributed by atoms with Crippen LogP contribution in [0.4, 0.5) is 8.78 Å². The van der Waals surface area contributed by atoms with E-state index in [1.807, 2.05) is 24.3 Å². The summed E-state index contributed by atoms with van der Waals surface area (Å²) in [6.07, 6.45) is -2.11. The molecule has 0 fully saturated rings. The molecule has 82 valence electrons. The predicted molar refractivity (Wildman–Crippen MR) is 52.8 cm³/mol. The number of rotatable bonds is 3. The van der Waals surface area contributed by atoms with E-state index in [0.717, 1.165) is 11.1 Å². The average molecular weight is 213 g/mol. The van der Waals surface area contributed by atoms with E-state index < -0.39 is 13.0 Å². The van der Waals surface area contributed by atoms with Gasteiger partial charge in [-0.1, -0.05) is 24.3 Å². The Morgan fingerprint density at radius 1 is 1.40 bits per heavy atom. The molecule has 0 radical (unpaired) electrons. The first-order chi connectivity index (χ1) is 7.18. The van der Waals surface area contributed by atoms with Gasteiger partial charge in [-0.25, -0.2) is 8.78 Å². The first-order valence-electron chi connectivity index (χ1n) is 4.91. The molecule has 1 aliphatic rings. The van der Waals surface area contributed by atoms with Crippen LogP contribution in [0.25, 0.3) is 0 Å². The zero-order valence-corrected chi connectivity index (χ0v) is 8.20. The predicted octanol–water partition coefficient (Wildman–Crippen LogP) is 1.89. The summed E-state index contributed by atoms with van der Waals surface area (Å²) in [5, 5.41) is 0. The molecule has 2 rings (SSSR count). The minimum Gasteiger partial charge on any atom is -0.370 e. The van der Waals surface area contributed by atoms with Crippen molar-refractivity contribution in [3.8, 4) is 0 Å². The van der Waals surface area contributed by atoms with Crippen molar-refractivity contribution in [3.05, 3.63) is 35.4 Å². The molecule has 1 aromatic rings. The molecule has 2 unspecified atom stereocenters. The van der Waals surface area contributed by atoms with Gasteiger partial charge in [0.2, 0.25) is 0 Å². The molecule has 0 bridgehead atoms. The number of alkyl halides is 2. The normalized spacial score (nSPS) is 24.5. The fourth-order valence-corrected chi connectivity index (χ4v) is 1.95. The van der Waals surface area contributed by atoms with Crippen LogP contribution in [0.5, 0.6) is 0 Å². The Bertz CT molecular complexity index is 343. The standard InChI is InChI=1S/C11H13F2NO/c12-10(13)6-15-9-5-7-3-1-2-4-8(7)11(9)14/h1-4,9-11H,5-6,14H2. The number of hydrogen-bond donors (Lipinski definition) is 1. The van der Waals surface area contributed by atoms with Gasteiger partial charge in [-0.2, -0.15) is 0 Å². The molecule has 2 nitrogen and oxygen atoms in total. The first-order valence-corrected chi connectivity index (χ1v) is 4.91. The Morgan fingerprint density at radius 3 is 2.80 bits per heavy atom. The Labute approximate surface area is 87.0 Å². The van der Waals surface area contributed by atoms with Gasteiger partial charge in [-0.15, -0.1) is 0 Å². The smallest absolute Gasteiger partial charge is 0.261 e. The largest absolute Gasteiger partial charge is 0.370 e. The summed E-state index contributed by atoms with van der Waals surface area (Å²) in [7, 11) is 0. The highest BCUT2D eigenvalue weighted by Gasteiger charge is 2.30. The van der Waals surface area contributed by atoms with E-state index >= 15 is 0 Å². The van der Waals surface area contributed by atoms with Gasteiger partial charge in [0.25, 0.3) is 6.43 Å². The van der Waals surface area contributed by atoms with Gasteiger partial charge in [0.1, 0.15) is 6.61 Å². The zero-order chi connectivity index (χ0) is 10.8. The van der Waals surface area contributed by atoms with Gasteiger partial charge in [0.15, 0.2) is 0 Å². The van der Waals surface area contributed by atoms with Crippen molar-refractivity contribution in [2.24, 2.45) is 5.73 Å². The van der Waals surface area contributed by atoms with Crippen molar-refractivity contribution in [2.45, 2.75) is 25.0 Å². The van der Waals surface area contributed by atoms with Gasteiger partial charge < -0.3 is 10.5 Å². The molecule has 0 aliphatic heterocycles. The van der Waals surface area contributed by atoms with Gasteiger partial charge in [-0.3, -0.25) is 0 Å². The fourth-order valence-electron chi connectivity index (χ4n) is 1.95. The molecule has 1 aromatic carbocycles. The minimum absolute atomic E-state index is 0.278. The second kappa shape index (κ2) is 4.24. The second-order valence-electron chi connectivity index (χ2n) is 3.69. The lowest BCUT2D eigenvalue weighted by molar-refractivity contribution is -0.0288. The number of benzene rings is 1. The van der Waals surface area contributed by atoms with Crippen molar-refractivity contribution in [2.75, 3.05) is 6.61 Å². The number of hydrogen-bond acceptors (Lipinski definition) is 2. The maximum atomic E-state index is 12.0. The van der Waals surface area contributed by atoms with E-state index in [1.165, 1.54) is 0 Å². The molecule has 0 saturated heterocycles. The lowest BCUT2D eigenvalue weighted by atomic mass is 10.1. The third-order valence-electron chi connectivity index (χ3n) is 2.67. The van der Waals surface area contributed by atoms with Gasteiger partial charge in [-0.05, 0) is 11.1 Å². The fraction of sp³-hybridized carbons (Fsp3) is 0.455. The summed E-state index contributed by atoms with van der Waals surface area (Å²) in [5.74, 6) is 0. The van der Waals surface area contributed by atoms with Gasteiger partial charge >= 0.3 is 0 Å². The summed E-state index contributed by atoms with van der Waals surface area (Å²) >= 11 is 0. The van der Waals surface area contributed by atoms with Crippen LogP contribution in [0.3, 0.4) is 0 Å². The lowest BCUT2D eigenvalue weighted by Crippen LogP contribution is -2.27. The molecule has 2 N–H and O–H groups in total. The summed E-state index contributed by atoms with van der Waals surface area (Å²) in [5.41, 5.74) is 8.02.